The Kier molecular flexibility index (Phi) is 9.03. The fourth-order valence-corrected chi connectivity index (χ4v) is 6.82. The van der Waals surface area contributed by atoms with Gasteiger partial charge in [-0.2, -0.15) is 0 Å². The van der Waals surface area contributed by atoms with Crippen LogP contribution in [0.2, 0.25) is 0 Å². The minimum Gasteiger partial charge on any atom is -0.463 e. The van der Waals surface area contributed by atoms with E-state index in [9.17, 15) is 23.7 Å². The summed E-state index contributed by atoms with van der Waals surface area (Å²) >= 11 is 0. The van der Waals surface area contributed by atoms with Gasteiger partial charge in [0, 0.05) is 6.20 Å². The lowest BCUT2D eigenvalue weighted by atomic mass is 9.95. The van der Waals surface area contributed by atoms with Gasteiger partial charge in [0.15, 0.2) is 6.23 Å². The molecule has 1 aliphatic heterocycles. The molecule has 41 heavy (non-hydrogen) atoms. The number of para-hydroxylation sites is 1. The van der Waals surface area contributed by atoms with Gasteiger partial charge in [0.25, 0.3) is 5.56 Å². The number of aliphatic hydroxyl groups is 1. The Hall–Kier alpha value is -3.12. The lowest BCUT2D eigenvalue weighted by molar-refractivity contribution is -0.151. The van der Waals surface area contributed by atoms with Crippen LogP contribution in [0.15, 0.2) is 47.4 Å². The molecule has 7 atom stereocenters. The molecule has 1 unspecified atom stereocenters. The number of aliphatic hydroxyl groups excluding tert-OH is 1. The molecule has 1 saturated heterocycles. The number of hydrogen-bond acceptors (Lipinski definition) is 9. The van der Waals surface area contributed by atoms with Gasteiger partial charge >= 0.3 is 13.6 Å². The van der Waals surface area contributed by atoms with Crippen molar-refractivity contribution in [2.75, 3.05) is 12.8 Å². The molecule has 0 radical (unpaired) electrons. The fourth-order valence-electron chi connectivity index (χ4n) is 4.72. The molecule has 11 nitrogen and oxygen atoms in total. The van der Waals surface area contributed by atoms with E-state index in [1.54, 1.807) is 32.0 Å². The van der Waals surface area contributed by atoms with Gasteiger partial charge in [0.1, 0.15) is 36.1 Å². The van der Waals surface area contributed by atoms with Crippen molar-refractivity contribution in [2.24, 2.45) is 5.92 Å². The molecular weight excluding hydrogens is 563 g/mol. The van der Waals surface area contributed by atoms with Crippen LogP contribution in [0.25, 0.3) is 11.0 Å². The number of rotatable bonds is 11. The molecule has 14 heteroatoms. The highest BCUT2D eigenvalue weighted by Gasteiger charge is 2.61. The molecule has 1 aliphatic rings. The van der Waals surface area contributed by atoms with Crippen molar-refractivity contribution in [2.45, 2.75) is 70.9 Å². The predicted molar refractivity (Wildman–Crippen MR) is 145 cm³/mol. The number of halogens is 2. The van der Waals surface area contributed by atoms with Gasteiger partial charge in [0.2, 0.25) is 5.67 Å². The highest BCUT2D eigenvalue weighted by molar-refractivity contribution is 7.54. The van der Waals surface area contributed by atoms with Crippen molar-refractivity contribution in [3.63, 3.8) is 0 Å². The molecule has 224 valence electrons. The standard InChI is InChI=1S/C27H34F2N3O8P/c1-15(2)37-25(35)16(3)13-41(36,40-19-9-7-6-8-10-19)39-17(4)21-22(33)27(29,14-28)26(38-21)32-12-11-20-23(32)30-18(5)31-24(20)34/h6-12,15-17,21-22,26,33H,13-14H2,1-5H3,(H,30,31,34)/t16-,17-,21-,22+,26-,27?,41-/m1/s1. The summed E-state index contributed by atoms with van der Waals surface area (Å²) in [4.78, 5) is 31.6. The van der Waals surface area contributed by atoms with E-state index in [1.807, 2.05) is 0 Å². The van der Waals surface area contributed by atoms with E-state index in [4.69, 9.17) is 18.5 Å². The number of fused-ring (bicyclic) bond motifs is 1. The molecule has 2 N–H and O–H groups in total. The second kappa shape index (κ2) is 12.0. The number of nitrogens with one attached hydrogen (secondary N) is 1. The number of benzene rings is 1. The maximum Gasteiger partial charge on any atom is 0.380 e. The van der Waals surface area contributed by atoms with Crippen LogP contribution in [0, 0.1) is 12.8 Å². The summed E-state index contributed by atoms with van der Waals surface area (Å²) in [6.45, 7) is 6.11. The average Bonchev–Trinajstić information content (AvgIpc) is 3.42. The summed E-state index contributed by atoms with van der Waals surface area (Å²) in [7, 11) is -4.18. The molecule has 3 heterocycles. The van der Waals surface area contributed by atoms with Crippen molar-refractivity contribution < 1.29 is 41.8 Å². The van der Waals surface area contributed by atoms with Crippen LogP contribution in [0.1, 0.15) is 39.7 Å². The van der Waals surface area contributed by atoms with Crippen molar-refractivity contribution in [3.05, 3.63) is 58.8 Å². The minimum atomic E-state index is -4.18. The van der Waals surface area contributed by atoms with Gasteiger partial charge in [0.05, 0.1) is 29.7 Å². The lowest BCUT2D eigenvalue weighted by Gasteiger charge is -2.29. The number of aromatic amines is 1. The molecule has 0 bridgehead atoms. The SMILES string of the molecule is Cc1nc2c(ccn2[C@@H]2O[C@H]([C@@H](C)O[P@](=O)(C[C@@H](C)C(=O)OC(C)C)Oc3ccccc3)[C@H](O)C2(F)CF)c(=O)[nH]1. The molecule has 2 aromatic heterocycles. The first-order valence-corrected chi connectivity index (χ1v) is 14.9. The Labute approximate surface area is 235 Å². The van der Waals surface area contributed by atoms with E-state index >= 15 is 4.39 Å². The molecule has 1 fully saturated rings. The second-order valence-electron chi connectivity index (χ2n) is 10.5. The number of alkyl halides is 2. The van der Waals surface area contributed by atoms with Gasteiger partial charge in [-0.3, -0.25) is 14.1 Å². The van der Waals surface area contributed by atoms with Crippen LogP contribution in [0.5, 0.6) is 5.75 Å². The third-order valence-corrected chi connectivity index (χ3v) is 8.82. The molecule has 0 aliphatic carbocycles. The summed E-state index contributed by atoms with van der Waals surface area (Å²) in [5.74, 6) is -1.11. The summed E-state index contributed by atoms with van der Waals surface area (Å²) in [5, 5.41) is 11.1. The number of carbonyl (C=O) groups excluding carboxylic acids is 1. The Morgan fingerprint density at radius 3 is 2.56 bits per heavy atom. The third kappa shape index (κ3) is 6.38. The van der Waals surface area contributed by atoms with E-state index in [-0.39, 0.29) is 22.6 Å². The van der Waals surface area contributed by atoms with E-state index < -0.39 is 74.2 Å². The maximum atomic E-state index is 16.1. The van der Waals surface area contributed by atoms with Gasteiger partial charge in [-0.05, 0) is 45.9 Å². The molecule has 3 aromatic rings. The first kappa shape index (κ1) is 30.8. The lowest BCUT2D eigenvalue weighted by Crippen LogP contribution is -2.47. The van der Waals surface area contributed by atoms with E-state index in [0.29, 0.717) is 0 Å². The van der Waals surface area contributed by atoms with Crippen LogP contribution < -0.4 is 10.1 Å². The fraction of sp³-hybridized carbons (Fsp3) is 0.519. The zero-order chi connectivity index (χ0) is 30.1. The average molecular weight is 598 g/mol. The van der Waals surface area contributed by atoms with Gasteiger partial charge < -0.3 is 28.7 Å². The first-order chi connectivity index (χ1) is 19.3. The van der Waals surface area contributed by atoms with Crippen LogP contribution in [-0.2, 0) is 23.4 Å². The number of ether oxygens (including phenoxy) is 2. The Bertz CT molecular complexity index is 1480. The molecular formula is C27H34F2N3O8P. The Morgan fingerprint density at radius 1 is 1.24 bits per heavy atom. The van der Waals surface area contributed by atoms with Crippen molar-refractivity contribution >= 4 is 24.6 Å². The third-order valence-electron chi connectivity index (χ3n) is 6.69. The van der Waals surface area contributed by atoms with Crippen LogP contribution in [0.3, 0.4) is 0 Å². The van der Waals surface area contributed by atoms with Gasteiger partial charge in [-0.1, -0.05) is 25.1 Å². The normalized spacial score (nSPS) is 25.6. The van der Waals surface area contributed by atoms with E-state index in [2.05, 4.69) is 9.97 Å². The number of carbonyl (C=O) groups is 1. The predicted octanol–water partition coefficient (Wildman–Crippen LogP) is 4.23. The van der Waals surface area contributed by atoms with Crippen molar-refractivity contribution in [1.82, 2.24) is 14.5 Å². The zero-order valence-electron chi connectivity index (χ0n) is 23.3. The number of hydrogen-bond donors (Lipinski definition) is 2. The van der Waals surface area contributed by atoms with Crippen LogP contribution in [-0.4, -0.2) is 68.5 Å². The Morgan fingerprint density at radius 2 is 1.93 bits per heavy atom. The molecule has 4 rings (SSSR count). The van der Waals surface area contributed by atoms with Gasteiger partial charge in [-0.15, -0.1) is 0 Å². The monoisotopic (exact) mass is 597 g/mol. The summed E-state index contributed by atoms with van der Waals surface area (Å²) in [5.41, 5.74) is -3.42. The Balaban J connectivity index is 1.63. The number of aryl methyl sites for hydroxylation is 1. The molecule has 1 aromatic carbocycles. The molecule has 0 amide bonds. The second-order valence-corrected chi connectivity index (χ2v) is 12.4. The van der Waals surface area contributed by atoms with E-state index in [0.717, 1.165) is 4.57 Å². The van der Waals surface area contributed by atoms with Gasteiger partial charge in [-0.25, -0.2) is 18.3 Å². The van der Waals surface area contributed by atoms with Crippen molar-refractivity contribution in [1.29, 1.82) is 0 Å². The zero-order valence-corrected chi connectivity index (χ0v) is 24.2. The summed E-state index contributed by atoms with van der Waals surface area (Å²) in [6.07, 6.45) is -6.13. The number of aromatic nitrogens is 3. The van der Waals surface area contributed by atoms with Crippen LogP contribution in [0.4, 0.5) is 8.78 Å². The minimum absolute atomic E-state index is 0.0312. The smallest absolute Gasteiger partial charge is 0.380 e. The summed E-state index contributed by atoms with van der Waals surface area (Å²) in [6, 6.07) is 9.47. The van der Waals surface area contributed by atoms with Crippen molar-refractivity contribution in [3.8, 4) is 5.75 Å². The highest BCUT2D eigenvalue weighted by Crippen LogP contribution is 2.53. The number of nitrogens with zero attached hydrogens (tertiary/aromatic N) is 2. The number of H-pyrrole nitrogens is 1. The van der Waals surface area contributed by atoms with Crippen LogP contribution >= 0.6 is 7.60 Å². The summed E-state index contributed by atoms with van der Waals surface area (Å²) < 4.78 is 68.2. The quantitative estimate of drug-likeness (QED) is 0.245. The highest BCUT2D eigenvalue weighted by atomic mass is 31.2. The molecule has 0 spiro atoms. The topological polar surface area (TPSA) is 142 Å². The van der Waals surface area contributed by atoms with E-state index in [1.165, 1.54) is 45.2 Å². The maximum absolute atomic E-state index is 16.1. The largest absolute Gasteiger partial charge is 0.463 e. The molecule has 0 saturated carbocycles. The first-order valence-electron chi connectivity index (χ1n) is 13.2. The number of esters is 1.